The van der Waals surface area contributed by atoms with E-state index in [1.165, 1.54) is 56.3 Å². The molecule has 0 saturated heterocycles. The fourth-order valence-electron chi connectivity index (χ4n) is 2.23. The number of rotatable bonds is 20. The van der Waals surface area contributed by atoms with Gasteiger partial charge in [0.25, 0.3) is 0 Å². The molecule has 0 aromatic carbocycles. The second kappa shape index (κ2) is 19.2. The summed E-state index contributed by atoms with van der Waals surface area (Å²) in [5.41, 5.74) is 0. The van der Waals surface area contributed by atoms with Crippen LogP contribution in [0.2, 0.25) is 0 Å². The average Bonchev–Trinajstić information content (AvgIpc) is 2.61. The summed E-state index contributed by atoms with van der Waals surface area (Å²) in [5.74, 6) is 0.801. The maximum absolute atomic E-state index is 12.8. The Morgan fingerprint density at radius 2 is 1.16 bits per heavy atom. The predicted molar refractivity (Wildman–Crippen MR) is 108 cm³/mol. The minimum Gasteiger partial charge on any atom is -0.379 e. The Morgan fingerprint density at radius 1 is 0.680 bits per heavy atom. The van der Waals surface area contributed by atoms with Crippen LogP contribution >= 0.6 is 18.2 Å². The van der Waals surface area contributed by atoms with Crippen molar-refractivity contribution in [3.8, 4) is 0 Å². The van der Waals surface area contributed by atoms with Gasteiger partial charge in [0, 0.05) is 19.0 Å². The molecule has 0 spiro atoms. The Hall–Kier alpha value is 0.420. The van der Waals surface area contributed by atoms with Crippen molar-refractivity contribution in [2.24, 2.45) is 0 Å². The van der Waals surface area contributed by atoms with Gasteiger partial charge in [-0.3, -0.25) is 9.05 Å². The monoisotopic (exact) mass is 398 g/mol. The average molecular weight is 399 g/mol. The Labute approximate surface area is 159 Å². The molecule has 0 bridgehead atoms. The fourth-order valence-corrected chi connectivity index (χ4v) is 5.56. The molecule has 0 fully saturated rings. The highest BCUT2D eigenvalue weighted by atomic mass is 32.7. The predicted octanol–water partition coefficient (Wildman–Crippen LogP) is 6.07. The second-order valence-corrected chi connectivity index (χ2v) is 10.0. The van der Waals surface area contributed by atoms with Crippen molar-refractivity contribution in [3.05, 3.63) is 0 Å². The SMILES string of the molecule is CCCCCCCCCCSP(=O)(OCCOCC)OCCOCC. The highest BCUT2D eigenvalue weighted by molar-refractivity contribution is 8.55. The molecule has 0 N–H and O–H groups in total. The molecule has 0 rings (SSSR count). The zero-order valence-electron chi connectivity index (χ0n) is 16.5. The van der Waals surface area contributed by atoms with Crippen LogP contribution in [-0.4, -0.2) is 45.4 Å². The first-order valence-corrected chi connectivity index (χ1v) is 13.0. The van der Waals surface area contributed by atoms with Gasteiger partial charge in [-0.15, -0.1) is 0 Å². The molecule has 0 saturated carbocycles. The van der Waals surface area contributed by atoms with Gasteiger partial charge in [0.1, 0.15) is 0 Å². The molecule has 0 unspecified atom stereocenters. The lowest BCUT2D eigenvalue weighted by molar-refractivity contribution is 0.0858. The van der Waals surface area contributed by atoms with Crippen LogP contribution in [0, 0.1) is 0 Å². The first-order chi connectivity index (χ1) is 12.2. The molecule has 5 nitrogen and oxygen atoms in total. The van der Waals surface area contributed by atoms with E-state index in [0.29, 0.717) is 39.6 Å². The van der Waals surface area contributed by atoms with Gasteiger partial charge in [-0.25, -0.2) is 4.57 Å². The Kier molecular flexibility index (Phi) is 19.5. The van der Waals surface area contributed by atoms with Crippen molar-refractivity contribution in [1.82, 2.24) is 0 Å². The molecule has 0 aromatic heterocycles. The molecule has 0 atom stereocenters. The van der Waals surface area contributed by atoms with Crippen molar-refractivity contribution >= 4 is 18.2 Å². The lowest BCUT2D eigenvalue weighted by atomic mass is 10.1. The molecule has 25 heavy (non-hydrogen) atoms. The van der Waals surface area contributed by atoms with E-state index in [2.05, 4.69) is 6.92 Å². The summed E-state index contributed by atoms with van der Waals surface area (Å²) < 4.78 is 34.2. The van der Waals surface area contributed by atoms with Crippen molar-refractivity contribution in [2.75, 3.05) is 45.4 Å². The van der Waals surface area contributed by atoms with Crippen molar-refractivity contribution < 1.29 is 23.1 Å². The lowest BCUT2D eigenvalue weighted by Crippen LogP contribution is -2.06. The van der Waals surface area contributed by atoms with Crippen molar-refractivity contribution in [1.29, 1.82) is 0 Å². The van der Waals surface area contributed by atoms with Crippen LogP contribution < -0.4 is 0 Å². The topological polar surface area (TPSA) is 54.0 Å². The van der Waals surface area contributed by atoms with E-state index < -0.39 is 6.80 Å². The molecule has 0 radical (unpaired) electrons. The maximum atomic E-state index is 12.8. The van der Waals surface area contributed by atoms with Gasteiger partial charge >= 0.3 is 6.80 Å². The van der Waals surface area contributed by atoms with Gasteiger partial charge in [-0.2, -0.15) is 0 Å². The lowest BCUT2D eigenvalue weighted by Gasteiger charge is -2.17. The Balaban J connectivity index is 3.89. The summed E-state index contributed by atoms with van der Waals surface area (Å²) in [7, 11) is 0. The summed E-state index contributed by atoms with van der Waals surface area (Å²) in [6, 6.07) is 0. The molecule has 0 amide bonds. The number of unbranched alkanes of at least 4 members (excludes halogenated alkanes) is 7. The molecule has 7 heteroatoms. The summed E-state index contributed by atoms with van der Waals surface area (Å²) in [5, 5.41) is 0. The van der Waals surface area contributed by atoms with Gasteiger partial charge in [-0.05, 0) is 31.7 Å². The van der Waals surface area contributed by atoms with Crippen LogP contribution in [0.3, 0.4) is 0 Å². The third-order valence-corrected chi connectivity index (χ3v) is 7.52. The molecule has 0 aliphatic rings. The molecule has 0 aromatic rings. The van der Waals surface area contributed by atoms with Gasteiger partial charge in [0.05, 0.1) is 26.4 Å². The first-order valence-electron chi connectivity index (χ1n) is 9.87. The van der Waals surface area contributed by atoms with Gasteiger partial charge in [-0.1, -0.05) is 51.9 Å². The summed E-state index contributed by atoms with van der Waals surface area (Å²) in [6.07, 6.45) is 10.1. The molecule has 0 aliphatic carbocycles. The number of hydrogen-bond acceptors (Lipinski definition) is 6. The Bertz CT molecular complexity index is 302. The minimum atomic E-state index is -3.11. The largest absolute Gasteiger partial charge is 0.389 e. The van der Waals surface area contributed by atoms with Crippen LogP contribution in [0.25, 0.3) is 0 Å². The van der Waals surface area contributed by atoms with E-state index in [1.807, 2.05) is 13.8 Å². The fraction of sp³-hybridized carbons (Fsp3) is 1.00. The van der Waals surface area contributed by atoms with E-state index in [9.17, 15) is 4.57 Å². The molecular formula is C18H39O5PS. The molecule has 0 heterocycles. The Morgan fingerprint density at radius 3 is 1.64 bits per heavy atom. The molecule has 152 valence electrons. The third kappa shape index (κ3) is 17.6. The minimum absolute atomic E-state index is 0.296. The van der Waals surface area contributed by atoms with Crippen LogP contribution in [0.15, 0.2) is 0 Å². The van der Waals surface area contributed by atoms with Crippen LogP contribution in [-0.2, 0) is 23.1 Å². The third-order valence-electron chi connectivity index (χ3n) is 3.61. The summed E-state index contributed by atoms with van der Waals surface area (Å²) in [4.78, 5) is 0. The first kappa shape index (κ1) is 25.4. The molecule has 0 aliphatic heterocycles. The quantitative estimate of drug-likeness (QED) is 0.183. The van der Waals surface area contributed by atoms with Crippen molar-refractivity contribution in [2.45, 2.75) is 72.1 Å². The van der Waals surface area contributed by atoms with Crippen LogP contribution in [0.5, 0.6) is 0 Å². The number of ether oxygens (including phenoxy) is 2. The van der Waals surface area contributed by atoms with E-state index >= 15 is 0 Å². The standard InChI is InChI=1S/C18H39O5PS/c1-4-7-8-9-10-11-12-13-18-25-24(19,22-16-14-20-5-2)23-17-15-21-6-3/h4-18H2,1-3H3. The zero-order valence-corrected chi connectivity index (χ0v) is 18.2. The zero-order chi connectivity index (χ0) is 18.6. The van der Waals surface area contributed by atoms with Gasteiger partial charge < -0.3 is 9.47 Å². The van der Waals surface area contributed by atoms with E-state index in [4.69, 9.17) is 18.5 Å². The van der Waals surface area contributed by atoms with Crippen LogP contribution in [0.4, 0.5) is 0 Å². The van der Waals surface area contributed by atoms with Crippen LogP contribution in [0.1, 0.15) is 72.1 Å². The second-order valence-electron chi connectivity index (χ2n) is 5.82. The summed E-state index contributed by atoms with van der Waals surface area (Å²) >= 11 is 1.31. The van der Waals surface area contributed by atoms with Gasteiger partial charge in [0.15, 0.2) is 0 Å². The maximum Gasteiger partial charge on any atom is 0.389 e. The molecular weight excluding hydrogens is 359 g/mol. The van der Waals surface area contributed by atoms with E-state index in [0.717, 1.165) is 12.2 Å². The highest BCUT2D eigenvalue weighted by Crippen LogP contribution is 2.60. The van der Waals surface area contributed by atoms with E-state index in [1.54, 1.807) is 0 Å². The van der Waals surface area contributed by atoms with E-state index in [-0.39, 0.29) is 0 Å². The van der Waals surface area contributed by atoms with Gasteiger partial charge in [0.2, 0.25) is 0 Å². The normalized spacial score (nSPS) is 12.0. The van der Waals surface area contributed by atoms with Crippen molar-refractivity contribution in [3.63, 3.8) is 0 Å². The number of hydrogen-bond donors (Lipinski definition) is 0. The highest BCUT2D eigenvalue weighted by Gasteiger charge is 2.25. The summed E-state index contributed by atoms with van der Waals surface area (Å²) in [6.45, 7) is 5.70. The smallest absolute Gasteiger partial charge is 0.379 e.